The van der Waals surface area contributed by atoms with Crippen LogP contribution in [0.4, 0.5) is 4.79 Å². The monoisotopic (exact) mass is 357 g/mol. The van der Waals surface area contributed by atoms with Crippen molar-refractivity contribution in [2.45, 2.75) is 16.8 Å². The van der Waals surface area contributed by atoms with E-state index in [1.807, 2.05) is 25.1 Å². The van der Waals surface area contributed by atoms with Crippen LogP contribution in [0.2, 0.25) is 0 Å². The van der Waals surface area contributed by atoms with E-state index in [1.165, 1.54) is 0 Å². The van der Waals surface area contributed by atoms with Crippen LogP contribution in [-0.2, 0) is 0 Å². The summed E-state index contributed by atoms with van der Waals surface area (Å²) < 4.78 is 3.46. The van der Waals surface area contributed by atoms with Crippen LogP contribution < -0.4 is 10.1 Å². The van der Waals surface area contributed by atoms with Crippen LogP contribution in [0.15, 0.2) is 54.6 Å². The summed E-state index contributed by atoms with van der Waals surface area (Å²) in [4.78, 5) is 12.0. The van der Waals surface area contributed by atoms with Crippen molar-refractivity contribution in [3.05, 3.63) is 65.7 Å². The Kier molecular flexibility index (Phi) is 5.57. The summed E-state index contributed by atoms with van der Waals surface area (Å²) in [6.45, 7) is 1.95. The molecule has 2 aromatic carbocycles. The highest BCUT2D eigenvalue weighted by atomic mass is 35.6. The van der Waals surface area contributed by atoms with Gasteiger partial charge in [-0.15, -0.1) is 0 Å². The molecule has 0 aromatic heterocycles. The molecule has 0 spiro atoms. The molecule has 2 aromatic rings. The van der Waals surface area contributed by atoms with Gasteiger partial charge in [-0.1, -0.05) is 82.8 Å². The van der Waals surface area contributed by atoms with Gasteiger partial charge in [-0.3, -0.25) is 0 Å². The fraction of sp³-hybridized carbons (Fsp3) is 0.188. The van der Waals surface area contributed by atoms with Crippen LogP contribution in [-0.4, -0.2) is 9.89 Å². The Morgan fingerprint density at radius 2 is 1.64 bits per heavy atom. The molecule has 3 nitrogen and oxygen atoms in total. The van der Waals surface area contributed by atoms with E-state index in [4.69, 9.17) is 39.5 Å². The summed E-state index contributed by atoms with van der Waals surface area (Å²) in [6, 6.07) is 15.2. The van der Waals surface area contributed by atoms with Gasteiger partial charge in [0.15, 0.2) is 0 Å². The van der Waals surface area contributed by atoms with Crippen LogP contribution in [0.1, 0.15) is 17.2 Å². The molecular weight excluding hydrogens is 345 g/mol. The number of carbonyl (C=O) groups excluding carboxylic acids is 1. The molecule has 116 valence electrons. The maximum Gasteiger partial charge on any atom is 0.413 e. The van der Waals surface area contributed by atoms with Crippen molar-refractivity contribution < 1.29 is 9.53 Å². The SMILES string of the molecule is Cc1ccc([C@H](NC(=O)Oc2ccccc2)C(Cl)(Cl)Cl)cc1. The average molecular weight is 359 g/mol. The number of aryl methyl sites for hydroxylation is 1. The highest BCUT2D eigenvalue weighted by molar-refractivity contribution is 6.68. The third kappa shape index (κ3) is 4.80. The molecule has 0 unspecified atom stereocenters. The number of ether oxygens (including phenoxy) is 1. The molecule has 0 saturated heterocycles. The molecule has 0 heterocycles. The average Bonchev–Trinajstić information content (AvgIpc) is 2.46. The van der Waals surface area contributed by atoms with E-state index in [0.29, 0.717) is 11.3 Å². The lowest BCUT2D eigenvalue weighted by molar-refractivity contribution is 0.196. The zero-order valence-corrected chi connectivity index (χ0v) is 14.0. The molecule has 6 heteroatoms. The number of hydrogen-bond donors (Lipinski definition) is 1. The van der Waals surface area contributed by atoms with E-state index in [-0.39, 0.29) is 0 Å². The topological polar surface area (TPSA) is 38.3 Å². The fourth-order valence-electron chi connectivity index (χ4n) is 1.86. The molecule has 0 aliphatic carbocycles. The molecule has 1 atom stereocenters. The van der Waals surface area contributed by atoms with E-state index < -0.39 is 15.9 Å². The van der Waals surface area contributed by atoms with Gasteiger partial charge in [0, 0.05) is 0 Å². The minimum absolute atomic E-state index is 0.409. The van der Waals surface area contributed by atoms with Crippen molar-refractivity contribution in [2.75, 3.05) is 0 Å². The quantitative estimate of drug-likeness (QED) is 0.766. The highest BCUT2D eigenvalue weighted by Crippen LogP contribution is 2.39. The van der Waals surface area contributed by atoms with E-state index in [2.05, 4.69) is 5.32 Å². The van der Waals surface area contributed by atoms with Crippen LogP contribution >= 0.6 is 34.8 Å². The Morgan fingerprint density at radius 1 is 1.05 bits per heavy atom. The number of para-hydroxylation sites is 1. The number of benzene rings is 2. The third-order valence-corrected chi connectivity index (χ3v) is 3.61. The first-order valence-electron chi connectivity index (χ1n) is 6.53. The van der Waals surface area contributed by atoms with Crippen molar-refractivity contribution >= 4 is 40.9 Å². The Labute approximate surface area is 144 Å². The molecule has 1 amide bonds. The van der Waals surface area contributed by atoms with Gasteiger partial charge in [0.2, 0.25) is 3.79 Å². The largest absolute Gasteiger partial charge is 0.413 e. The summed E-state index contributed by atoms with van der Waals surface area (Å²) in [5.74, 6) is 0.409. The van der Waals surface area contributed by atoms with Crippen molar-refractivity contribution in [3.8, 4) is 5.75 Å². The molecule has 2 rings (SSSR count). The first kappa shape index (κ1) is 16.9. The Morgan fingerprint density at radius 3 is 2.18 bits per heavy atom. The molecule has 22 heavy (non-hydrogen) atoms. The number of carbonyl (C=O) groups is 1. The molecular formula is C16H14Cl3NO2. The molecule has 0 aliphatic rings. The lowest BCUT2D eigenvalue weighted by Crippen LogP contribution is -2.38. The predicted molar refractivity (Wildman–Crippen MR) is 89.8 cm³/mol. The van der Waals surface area contributed by atoms with Gasteiger partial charge in [-0.2, -0.15) is 0 Å². The summed E-state index contributed by atoms with van der Waals surface area (Å²) in [7, 11) is 0. The van der Waals surface area contributed by atoms with Crippen molar-refractivity contribution in [1.29, 1.82) is 0 Å². The standard InChI is InChI=1S/C16H14Cl3NO2/c1-11-7-9-12(10-8-11)14(16(17,18)19)20-15(21)22-13-5-3-2-4-6-13/h2-10,14H,1H3,(H,20,21)/t14-/m0/s1. The van der Waals surface area contributed by atoms with Gasteiger partial charge in [0.25, 0.3) is 0 Å². The van der Waals surface area contributed by atoms with Crippen molar-refractivity contribution in [2.24, 2.45) is 0 Å². The Bertz CT molecular complexity index is 624. The van der Waals surface area contributed by atoms with Gasteiger partial charge in [-0.25, -0.2) is 4.79 Å². The molecule has 0 fully saturated rings. The minimum Gasteiger partial charge on any atom is -0.410 e. The number of amides is 1. The maximum absolute atomic E-state index is 12.0. The van der Waals surface area contributed by atoms with E-state index in [1.54, 1.807) is 36.4 Å². The van der Waals surface area contributed by atoms with Gasteiger partial charge in [0.1, 0.15) is 11.8 Å². The second-order valence-electron chi connectivity index (χ2n) is 4.73. The first-order valence-corrected chi connectivity index (χ1v) is 7.66. The number of hydrogen-bond acceptors (Lipinski definition) is 2. The number of alkyl halides is 3. The van der Waals surface area contributed by atoms with Crippen LogP contribution in [0.25, 0.3) is 0 Å². The second-order valence-corrected chi connectivity index (χ2v) is 7.10. The number of rotatable bonds is 3. The molecule has 0 aliphatic heterocycles. The van der Waals surface area contributed by atoms with E-state index in [0.717, 1.165) is 5.56 Å². The number of halogens is 3. The normalized spacial score (nSPS) is 12.5. The van der Waals surface area contributed by atoms with Crippen molar-refractivity contribution in [1.82, 2.24) is 5.32 Å². The Hall–Kier alpha value is -1.42. The first-order chi connectivity index (χ1) is 10.4. The zero-order valence-electron chi connectivity index (χ0n) is 11.7. The zero-order chi connectivity index (χ0) is 16.2. The lowest BCUT2D eigenvalue weighted by Gasteiger charge is -2.25. The predicted octanol–water partition coefficient (Wildman–Crippen LogP) is 5.19. The summed E-state index contributed by atoms with van der Waals surface area (Å²) in [5, 5.41) is 2.58. The van der Waals surface area contributed by atoms with Crippen LogP contribution in [0.5, 0.6) is 5.75 Å². The number of nitrogens with one attached hydrogen (secondary N) is 1. The second kappa shape index (κ2) is 7.23. The van der Waals surface area contributed by atoms with E-state index in [9.17, 15) is 4.79 Å². The molecule has 0 bridgehead atoms. The van der Waals surface area contributed by atoms with Crippen LogP contribution in [0.3, 0.4) is 0 Å². The molecule has 0 saturated carbocycles. The van der Waals surface area contributed by atoms with Gasteiger partial charge in [-0.05, 0) is 24.6 Å². The highest BCUT2D eigenvalue weighted by Gasteiger charge is 2.35. The third-order valence-electron chi connectivity index (χ3n) is 2.95. The molecule has 1 N–H and O–H groups in total. The fourth-order valence-corrected chi connectivity index (χ4v) is 2.40. The van der Waals surface area contributed by atoms with Gasteiger partial charge < -0.3 is 10.1 Å². The Balaban J connectivity index is 2.13. The molecule has 0 radical (unpaired) electrons. The summed E-state index contributed by atoms with van der Waals surface area (Å²) in [6.07, 6.45) is -0.692. The van der Waals surface area contributed by atoms with Gasteiger partial charge >= 0.3 is 6.09 Å². The smallest absolute Gasteiger partial charge is 0.410 e. The summed E-state index contributed by atoms with van der Waals surface area (Å²) >= 11 is 17.9. The van der Waals surface area contributed by atoms with E-state index >= 15 is 0 Å². The lowest BCUT2D eigenvalue weighted by atomic mass is 10.1. The van der Waals surface area contributed by atoms with Crippen molar-refractivity contribution in [3.63, 3.8) is 0 Å². The maximum atomic E-state index is 12.0. The van der Waals surface area contributed by atoms with Gasteiger partial charge in [0.05, 0.1) is 0 Å². The van der Waals surface area contributed by atoms with Crippen LogP contribution in [0, 0.1) is 6.92 Å². The summed E-state index contributed by atoms with van der Waals surface area (Å²) in [5.41, 5.74) is 1.74. The minimum atomic E-state index is -1.70.